The van der Waals surface area contributed by atoms with Gasteiger partial charge in [-0.15, -0.1) is 12.4 Å². The quantitative estimate of drug-likeness (QED) is 0.872. The number of carbonyl (C=O) groups is 1. The summed E-state index contributed by atoms with van der Waals surface area (Å²) in [6.07, 6.45) is 2.72. The number of benzene rings is 1. The Morgan fingerprint density at radius 2 is 2.21 bits per heavy atom. The van der Waals surface area contributed by atoms with Crippen LogP contribution in [0, 0.1) is 19.8 Å². The standard InChI is InChI=1S/C18H24N4O.ClH/c1-13-10-14(2)22(21-13)17-5-3-4-16(11-17)20-18(23)7-6-15-8-9-19-12-15;/h3-5,10-11,15,19H,6-9,12H2,1-2H3,(H,20,23);1H. The number of amides is 1. The van der Waals surface area contributed by atoms with E-state index in [1.165, 1.54) is 6.42 Å². The van der Waals surface area contributed by atoms with Gasteiger partial charge in [0.25, 0.3) is 0 Å². The second-order valence-electron chi connectivity index (χ2n) is 6.33. The molecule has 0 bridgehead atoms. The first-order valence-electron chi connectivity index (χ1n) is 8.26. The van der Waals surface area contributed by atoms with Crippen molar-refractivity contribution in [2.75, 3.05) is 18.4 Å². The number of carbonyl (C=O) groups excluding carboxylic acids is 1. The van der Waals surface area contributed by atoms with Gasteiger partial charge >= 0.3 is 0 Å². The molecule has 24 heavy (non-hydrogen) atoms. The van der Waals surface area contributed by atoms with Crippen LogP contribution in [0.25, 0.3) is 5.69 Å². The van der Waals surface area contributed by atoms with E-state index >= 15 is 0 Å². The third-order valence-corrected chi connectivity index (χ3v) is 4.33. The summed E-state index contributed by atoms with van der Waals surface area (Å²) in [7, 11) is 0. The molecule has 3 rings (SSSR count). The van der Waals surface area contributed by atoms with Crippen molar-refractivity contribution >= 4 is 24.0 Å². The Hall–Kier alpha value is -1.85. The summed E-state index contributed by atoms with van der Waals surface area (Å²) < 4.78 is 1.90. The molecule has 130 valence electrons. The minimum absolute atomic E-state index is 0. The largest absolute Gasteiger partial charge is 0.326 e. The van der Waals surface area contributed by atoms with Crippen LogP contribution in [-0.4, -0.2) is 28.8 Å². The van der Waals surface area contributed by atoms with Gasteiger partial charge in [-0.25, -0.2) is 4.68 Å². The summed E-state index contributed by atoms with van der Waals surface area (Å²) in [5, 5.41) is 10.8. The minimum atomic E-state index is 0. The molecule has 0 radical (unpaired) electrons. The molecular weight excluding hydrogens is 324 g/mol. The third-order valence-electron chi connectivity index (χ3n) is 4.33. The number of halogens is 1. The van der Waals surface area contributed by atoms with Gasteiger partial charge in [-0.1, -0.05) is 6.07 Å². The van der Waals surface area contributed by atoms with E-state index in [4.69, 9.17) is 0 Å². The maximum atomic E-state index is 12.1. The highest BCUT2D eigenvalue weighted by Crippen LogP contribution is 2.18. The van der Waals surface area contributed by atoms with Crippen molar-refractivity contribution in [1.82, 2.24) is 15.1 Å². The maximum Gasteiger partial charge on any atom is 0.224 e. The number of nitrogens with one attached hydrogen (secondary N) is 2. The molecule has 0 aliphatic carbocycles. The fourth-order valence-electron chi connectivity index (χ4n) is 3.13. The van der Waals surface area contributed by atoms with Crippen LogP contribution in [0.3, 0.4) is 0 Å². The number of anilines is 1. The molecule has 2 aromatic rings. The number of hydrogen-bond donors (Lipinski definition) is 2. The molecule has 1 aromatic carbocycles. The van der Waals surface area contributed by atoms with Gasteiger partial charge < -0.3 is 10.6 Å². The lowest BCUT2D eigenvalue weighted by Crippen LogP contribution is -2.15. The third kappa shape index (κ3) is 4.58. The molecule has 1 atom stereocenters. The Bertz CT molecular complexity index is 692. The van der Waals surface area contributed by atoms with E-state index in [-0.39, 0.29) is 18.3 Å². The molecule has 0 saturated carbocycles. The topological polar surface area (TPSA) is 59.0 Å². The van der Waals surface area contributed by atoms with Gasteiger partial charge in [-0.3, -0.25) is 4.79 Å². The number of rotatable bonds is 5. The highest BCUT2D eigenvalue weighted by Gasteiger charge is 2.15. The number of aromatic nitrogens is 2. The van der Waals surface area contributed by atoms with Gasteiger partial charge in [0.15, 0.2) is 0 Å². The lowest BCUT2D eigenvalue weighted by molar-refractivity contribution is -0.116. The van der Waals surface area contributed by atoms with Gasteiger partial charge in [-0.2, -0.15) is 5.10 Å². The molecule has 2 heterocycles. The molecule has 1 aliphatic heterocycles. The van der Waals surface area contributed by atoms with E-state index in [2.05, 4.69) is 15.7 Å². The number of aryl methyl sites for hydroxylation is 2. The molecule has 6 heteroatoms. The zero-order valence-corrected chi connectivity index (χ0v) is 15.0. The van der Waals surface area contributed by atoms with Crippen molar-refractivity contribution in [2.24, 2.45) is 5.92 Å². The Labute approximate surface area is 149 Å². The van der Waals surface area contributed by atoms with Gasteiger partial charge in [0, 0.05) is 17.8 Å². The van der Waals surface area contributed by atoms with Gasteiger partial charge in [0.1, 0.15) is 0 Å². The first-order valence-corrected chi connectivity index (χ1v) is 8.26. The summed E-state index contributed by atoms with van der Waals surface area (Å²) in [6.45, 7) is 6.13. The van der Waals surface area contributed by atoms with E-state index in [0.717, 1.165) is 42.3 Å². The van der Waals surface area contributed by atoms with Crippen molar-refractivity contribution < 1.29 is 4.79 Å². The summed E-state index contributed by atoms with van der Waals surface area (Å²) in [5.74, 6) is 0.726. The highest BCUT2D eigenvalue weighted by molar-refractivity contribution is 5.90. The SMILES string of the molecule is Cc1cc(C)n(-c2cccc(NC(=O)CCC3CCNC3)c2)n1.Cl. The molecule has 1 amide bonds. The second-order valence-corrected chi connectivity index (χ2v) is 6.33. The average molecular weight is 349 g/mol. The summed E-state index contributed by atoms with van der Waals surface area (Å²) in [4.78, 5) is 12.1. The summed E-state index contributed by atoms with van der Waals surface area (Å²) >= 11 is 0. The molecule has 5 nitrogen and oxygen atoms in total. The van der Waals surface area contributed by atoms with Crippen LogP contribution < -0.4 is 10.6 Å². The van der Waals surface area contributed by atoms with Crippen LogP contribution in [0.2, 0.25) is 0 Å². The molecule has 1 fully saturated rings. The highest BCUT2D eigenvalue weighted by atomic mass is 35.5. The van der Waals surface area contributed by atoms with Crippen molar-refractivity contribution in [1.29, 1.82) is 0 Å². The molecule has 0 spiro atoms. The Morgan fingerprint density at radius 1 is 1.38 bits per heavy atom. The fourth-order valence-corrected chi connectivity index (χ4v) is 3.13. The first-order chi connectivity index (χ1) is 11.1. The van der Waals surface area contributed by atoms with Crippen LogP contribution in [0.4, 0.5) is 5.69 Å². The van der Waals surface area contributed by atoms with E-state index in [0.29, 0.717) is 12.3 Å². The molecule has 1 unspecified atom stereocenters. The lowest BCUT2D eigenvalue weighted by Gasteiger charge is -2.10. The maximum absolute atomic E-state index is 12.1. The van der Waals surface area contributed by atoms with E-state index in [9.17, 15) is 4.79 Å². The Balaban J connectivity index is 0.00000208. The Morgan fingerprint density at radius 3 is 2.88 bits per heavy atom. The van der Waals surface area contributed by atoms with Crippen LogP contribution >= 0.6 is 12.4 Å². The van der Waals surface area contributed by atoms with Gasteiger partial charge in [-0.05, 0) is 70.0 Å². The zero-order chi connectivity index (χ0) is 16.2. The van der Waals surface area contributed by atoms with E-state index in [1.54, 1.807) is 0 Å². The first kappa shape index (κ1) is 18.5. The van der Waals surface area contributed by atoms with E-state index in [1.807, 2.05) is 48.9 Å². The summed E-state index contributed by atoms with van der Waals surface area (Å²) in [5.41, 5.74) is 3.86. The van der Waals surface area contributed by atoms with Crippen molar-refractivity contribution in [3.63, 3.8) is 0 Å². The monoisotopic (exact) mass is 348 g/mol. The Kier molecular flexibility index (Phi) is 6.40. The minimum Gasteiger partial charge on any atom is -0.326 e. The number of nitrogens with zero attached hydrogens (tertiary/aromatic N) is 2. The smallest absolute Gasteiger partial charge is 0.224 e. The number of hydrogen-bond acceptors (Lipinski definition) is 3. The predicted molar refractivity (Wildman–Crippen MR) is 99.1 cm³/mol. The fraction of sp³-hybridized carbons (Fsp3) is 0.444. The van der Waals surface area contributed by atoms with E-state index < -0.39 is 0 Å². The normalized spacial score (nSPS) is 16.7. The summed E-state index contributed by atoms with van der Waals surface area (Å²) in [6, 6.07) is 9.88. The second kappa shape index (κ2) is 8.31. The van der Waals surface area contributed by atoms with Crippen LogP contribution in [0.1, 0.15) is 30.7 Å². The van der Waals surface area contributed by atoms with Gasteiger partial charge in [0.2, 0.25) is 5.91 Å². The van der Waals surface area contributed by atoms with Crippen molar-refractivity contribution in [3.8, 4) is 5.69 Å². The molecule has 1 saturated heterocycles. The van der Waals surface area contributed by atoms with Crippen LogP contribution in [0.5, 0.6) is 0 Å². The average Bonchev–Trinajstić information content (AvgIpc) is 3.15. The van der Waals surface area contributed by atoms with Crippen molar-refractivity contribution in [2.45, 2.75) is 33.1 Å². The van der Waals surface area contributed by atoms with Crippen LogP contribution in [-0.2, 0) is 4.79 Å². The van der Waals surface area contributed by atoms with Gasteiger partial charge in [0.05, 0.1) is 11.4 Å². The van der Waals surface area contributed by atoms with Crippen molar-refractivity contribution in [3.05, 3.63) is 41.7 Å². The molecular formula is C18H25ClN4O. The predicted octanol–water partition coefficient (Wildman–Crippen LogP) is 3.24. The lowest BCUT2D eigenvalue weighted by atomic mass is 10.0. The molecule has 1 aromatic heterocycles. The van der Waals surface area contributed by atoms with Crippen LogP contribution in [0.15, 0.2) is 30.3 Å². The zero-order valence-electron chi connectivity index (χ0n) is 14.2. The molecule has 1 aliphatic rings. The molecule has 2 N–H and O–H groups in total.